The number of ether oxygens (including phenoxy) is 2. The fraction of sp³-hybridized carbons (Fsp3) is 0.250. The van der Waals surface area contributed by atoms with Gasteiger partial charge in [0.15, 0.2) is 0 Å². The fourth-order valence-corrected chi connectivity index (χ4v) is 4.83. The quantitative estimate of drug-likeness (QED) is 0.297. The van der Waals surface area contributed by atoms with E-state index in [9.17, 15) is 0 Å². The SMILES string of the molecule is CN1CCC(Oc2cccc3ncnc(Nc4ccc(OCc5cn6ccccc6n5)c(Cl)c4)c23)CC1. The molecule has 0 unspecified atom stereocenters. The number of hydrogen-bond donors (Lipinski definition) is 1. The average molecular weight is 515 g/mol. The molecule has 9 heteroatoms. The van der Waals surface area contributed by atoms with Gasteiger partial charge >= 0.3 is 0 Å². The lowest BCUT2D eigenvalue weighted by Crippen LogP contribution is -2.35. The molecular weight excluding hydrogens is 488 g/mol. The van der Waals surface area contributed by atoms with Crippen molar-refractivity contribution in [3.8, 4) is 11.5 Å². The van der Waals surface area contributed by atoms with Crippen LogP contribution in [0.15, 0.2) is 73.3 Å². The number of fused-ring (bicyclic) bond motifs is 2. The van der Waals surface area contributed by atoms with Crippen molar-refractivity contribution in [3.63, 3.8) is 0 Å². The topological polar surface area (TPSA) is 76.8 Å². The van der Waals surface area contributed by atoms with Crippen molar-refractivity contribution in [2.75, 3.05) is 25.5 Å². The molecule has 0 saturated carbocycles. The van der Waals surface area contributed by atoms with Gasteiger partial charge in [0, 0.05) is 31.2 Å². The van der Waals surface area contributed by atoms with Crippen LogP contribution in [0.2, 0.25) is 5.02 Å². The van der Waals surface area contributed by atoms with Gasteiger partial charge in [0.25, 0.3) is 0 Å². The number of likely N-dealkylation sites (tertiary alicyclic amines) is 1. The Labute approximate surface area is 219 Å². The number of piperidine rings is 1. The van der Waals surface area contributed by atoms with Gasteiger partial charge in [-0.15, -0.1) is 0 Å². The highest BCUT2D eigenvalue weighted by Crippen LogP contribution is 2.35. The Balaban J connectivity index is 1.20. The van der Waals surface area contributed by atoms with Crippen molar-refractivity contribution < 1.29 is 9.47 Å². The molecule has 1 aliphatic rings. The van der Waals surface area contributed by atoms with Crippen LogP contribution in [0.4, 0.5) is 11.5 Å². The number of aromatic nitrogens is 4. The van der Waals surface area contributed by atoms with Gasteiger partial charge in [-0.05, 0) is 62.4 Å². The zero-order valence-electron chi connectivity index (χ0n) is 20.5. The number of anilines is 2. The molecule has 0 bridgehead atoms. The summed E-state index contributed by atoms with van der Waals surface area (Å²) in [6.07, 6.45) is 7.63. The van der Waals surface area contributed by atoms with Crippen molar-refractivity contribution in [2.24, 2.45) is 0 Å². The molecule has 8 nitrogen and oxygen atoms in total. The fourth-order valence-electron chi connectivity index (χ4n) is 4.59. The summed E-state index contributed by atoms with van der Waals surface area (Å²) in [6.45, 7) is 2.38. The Morgan fingerprint density at radius 1 is 1.03 bits per heavy atom. The van der Waals surface area contributed by atoms with Crippen molar-refractivity contribution in [1.82, 2.24) is 24.3 Å². The van der Waals surface area contributed by atoms with Crippen LogP contribution in [0.3, 0.4) is 0 Å². The molecule has 6 rings (SSSR count). The van der Waals surface area contributed by atoms with Crippen molar-refractivity contribution in [3.05, 3.63) is 84.0 Å². The van der Waals surface area contributed by atoms with Crippen LogP contribution < -0.4 is 14.8 Å². The van der Waals surface area contributed by atoms with Gasteiger partial charge in [0.2, 0.25) is 0 Å². The number of nitrogens with one attached hydrogen (secondary N) is 1. The zero-order valence-corrected chi connectivity index (χ0v) is 21.2. The summed E-state index contributed by atoms with van der Waals surface area (Å²) in [5.41, 5.74) is 3.32. The molecule has 0 spiro atoms. The second kappa shape index (κ2) is 10.2. The Bertz CT molecular complexity index is 1510. The molecule has 0 radical (unpaired) electrons. The van der Waals surface area contributed by atoms with E-state index in [1.54, 1.807) is 6.33 Å². The number of nitrogens with zero attached hydrogens (tertiary/aromatic N) is 5. The smallest absolute Gasteiger partial charge is 0.145 e. The van der Waals surface area contributed by atoms with Gasteiger partial charge in [-0.3, -0.25) is 0 Å². The van der Waals surface area contributed by atoms with Crippen LogP contribution in [-0.2, 0) is 6.61 Å². The maximum Gasteiger partial charge on any atom is 0.145 e. The van der Waals surface area contributed by atoms with Crippen molar-refractivity contribution in [2.45, 2.75) is 25.6 Å². The predicted molar refractivity (Wildman–Crippen MR) is 145 cm³/mol. The number of imidazole rings is 1. The van der Waals surface area contributed by atoms with Gasteiger partial charge in [-0.2, -0.15) is 0 Å². The van der Waals surface area contributed by atoms with E-state index in [0.29, 0.717) is 23.2 Å². The van der Waals surface area contributed by atoms with E-state index in [-0.39, 0.29) is 6.10 Å². The summed E-state index contributed by atoms with van der Waals surface area (Å²) in [5, 5.41) is 4.75. The lowest BCUT2D eigenvalue weighted by atomic mass is 10.1. The molecule has 1 N–H and O–H groups in total. The monoisotopic (exact) mass is 514 g/mol. The summed E-state index contributed by atoms with van der Waals surface area (Å²) in [7, 11) is 2.14. The first-order valence-corrected chi connectivity index (χ1v) is 12.7. The second-order valence-corrected chi connectivity index (χ2v) is 9.66. The van der Waals surface area contributed by atoms with E-state index in [0.717, 1.165) is 59.6 Å². The van der Waals surface area contributed by atoms with Crippen LogP contribution in [0, 0.1) is 0 Å². The summed E-state index contributed by atoms with van der Waals surface area (Å²) < 4.78 is 14.4. The lowest BCUT2D eigenvalue weighted by Gasteiger charge is -2.29. The number of halogens is 1. The lowest BCUT2D eigenvalue weighted by molar-refractivity contribution is 0.116. The van der Waals surface area contributed by atoms with Crippen LogP contribution in [-0.4, -0.2) is 50.5 Å². The predicted octanol–water partition coefficient (Wildman–Crippen LogP) is 5.73. The third-order valence-electron chi connectivity index (χ3n) is 6.57. The molecular formula is C28H27ClN6O2. The number of rotatable bonds is 7. The van der Waals surface area contributed by atoms with Crippen LogP contribution in [0.25, 0.3) is 16.6 Å². The van der Waals surface area contributed by atoms with Gasteiger partial charge in [0.05, 0.1) is 21.6 Å². The maximum atomic E-state index is 6.58. The highest BCUT2D eigenvalue weighted by molar-refractivity contribution is 6.32. The zero-order chi connectivity index (χ0) is 25.2. The van der Waals surface area contributed by atoms with Crippen LogP contribution in [0.1, 0.15) is 18.5 Å². The standard InChI is InChI=1S/C28H27ClN6O2/c1-34-13-10-21(11-14-34)37-25-6-4-5-23-27(25)28(31-18-30-23)33-19-8-9-24(22(29)15-19)36-17-20-16-35-12-3-2-7-26(35)32-20/h2-9,12,15-16,18,21H,10-11,13-14,17H2,1H3,(H,30,31,33). The Hall–Kier alpha value is -3.88. The molecule has 0 atom stereocenters. The molecule has 0 aliphatic carbocycles. The minimum atomic E-state index is 0.175. The molecule has 4 heterocycles. The molecule has 1 aliphatic heterocycles. The van der Waals surface area contributed by atoms with E-state index in [1.165, 1.54) is 0 Å². The normalized spacial score (nSPS) is 14.8. The second-order valence-electron chi connectivity index (χ2n) is 9.25. The number of benzene rings is 2. The van der Waals surface area contributed by atoms with E-state index in [1.807, 2.05) is 71.4 Å². The average Bonchev–Trinajstić information content (AvgIpc) is 3.33. The summed E-state index contributed by atoms with van der Waals surface area (Å²) in [5.74, 6) is 2.04. The van der Waals surface area contributed by atoms with Crippen molar-refractivity contribution >= 4 is 39.7 Å². The first kappa shape index (κ1) is 23.5. The third-order valence-corrected chi connectivity index (χ3v) is 6.86. The summed E-state index contributed by atoms with van der Waals surface area (Å²) in [6, 6.07) is 17.4. The molecule has 188 valence electrons. The maximum absolute atomic E-state index is 6.58. The largest absolute Gasteiger partial charge is 0.489 e. The first-order valence-electron chi connectivity index (χ1n) is 12.3. The van der Waals surface area contributed by atoms with E-state index in [2.05, 4.69) is 32.2 Å². The molecule has 1 saturated heterocycles. The van der Waals surface area contributed by atoms with Crippen LogP contribution >= 0.6 is 11.6 Å². The van der Waals surface area contributed by atoms with Crippen molar-refractivity contribution in [1.29, 1.82) is 0 Å². The highest BCUT2D eigenvalue weighted by Gasteiger charge is 2.20. The van der Waals surface area contributed by atoms with Gasteiger partial charge < -0.3 is 24.1 Å². The van der Waals surface area contributed by atoms with Gasteiger partial charge in [-0.25, -0.2) is 15.0 Å². The van der Waals surface area contributed by atoms with E-state index >= 15 is 0 Å². The molecule has 5 aromatic rings. The molecule has 2 aromatic carbocycles. The third kappa shape index (κ3) is 5.16. The Morgan fingerprint density at radius 2 is 1.92 bits per heavy atom. The molecule has 3 aromatic heterocycles. The summed E-state index contributed by atoms with van der Waals surface area (Å²) >= 11 is 6.58. The Morgan fingerprint density at radius 3 is 2.76 bits per heavy atom. The van der Waals surface area contributed by atoms with E-state index in [4.69, 9.17) is 21.1 Å². The number of hydrogen-bond acceptors (Lipinski definition) is 7. The van der Waals surface area contributed by atoms with E-state index < -0.39 is 0 Å². The molecule has 0 amide bonds. The first-order chi connectivity index (χ1) is 18.1. The Kier molecular flexibility index (Phi) is 6.51. The minimum Gasteiger partial charge on any atom is -0.489 e. The highest BCUT2D eigenvalue weighted by atomic mass is 35.5. The summed E-state index contributed by atoms with van der Waals surface area (Å²) in [4.78, 5) is 15.9. The molecule has 37 heavy (non-hydrogen) atoms. The molecule has 1 fully saturated rings. The van der Waals surface area contributed by atoms with Gasteiger partial charge in [0.1, 0.15) is 42.0 Å². The van der Waals surface area contributed by atoms with Crippen LogP contribution in [0.5, 0.6) is 11.5 Å². The minimum absolute atomic E-state index is 0.175. The number of pyridine rings is 1. The van der Waals surface area contributed by atoms with Gasteiger partial charge in [-0.1, -0.05) is 23.7 Å².